The Bertz CT molecular complexity index is 390. The summed E-state index contributed by atoms with van der Waals surface area (Å²) < 4.78 is 0. The number of carbonyl (C=O) groups is 1. The molecular formula is C10H7ClO2. The third kappa shape index (κ3) is 2.05. The van der Waals surface area contributed by atoms with E-state index >= 15 is 0 Å². The third-order valence-corrected chi connectivity index (χ3v) is 1.90. The van der Waals surface area contributed by atoms with Crippen molar-refractivity contribution in [3.05, 3.63) is 35.4 Å². The van der Waals surface area contributed by atoms with Crippen molar-refractivity contribution in [1.82, 2.24) is 0 Å². The zero-order valence-corrected chi connectivity index (χ0v) is 7.76. The molecule has 0 aliphatic heterocycles. The molecule has 1 aromatic carbocycles. The summed E-state index contributed by atoms with van der Waals surface area (Å²) in [6.07, 6.45) is 0. The Morgan fingerprint density at radius 2 is 2.00 bits per heavy atom. The van der Waals surface area contributed by atoms with Gasteiger partial charge in [-0.15, -0.1) is 0 Å². The molecule has 3 heteroatoms. The first-order valence-electron chi connectivity index (χ1n) is 3.67. The quantitative estimate of drug-likeness (QED) is 0.410. The van der Waals surface area contributed by atoms with E-state index in [9.17, 15) is 9.59 Å². The standard InChI is InChI=1S/C10H7ClO2/c1-7-4-2-3-5-8(7)9(6-12)10(11)13/h2-5H,1H3. The Balaban J connectivity index is 3.29. The van der Waals surface area contributed by atoms with Gasteiger partial charge in [0, 0.05) is 5.56 Å². The molecule has 0 aliphatic carbocycles. The van der Waals surface area contributed by atoms with E-state index in [0.717, 1.165) is 5.56 Å². The summed E-state index contributed by atoms with van der Waals surface area (Å²) in [4.78, 5) is 21.2. The molecule has 0 radical (unpaired) electrons. The van der Waals surface area contributed by atoms with Gasteiger partial charge < -0.3 is 0 Å². The second-order valence-electron chi connectivity index (χ2n) is 2.57. The monoisotopic (exact) mass is 194 g/mol. The molecule has 0 spiro atoms. The molecule has 66 valence electrons. The average Bonchev–Trinajstić information content (AvgIpc) is 2.09. The zero-order valence-electron chi connectivity index (χ0n) is 7.00. The lowest BCUT2D eigenvalue weighted by molar-refractivity contribution is -0.106. The van der Waals surface area contributed by atoms with Gasteiger partial charge in [0.2, 0.25) is 0 Å². The topological polar surface area (TPSA) is 34.1 Å². The average molecular weight is 195 g/mol. The molecule has 0 fully saturated rings. The minimum absolute atomic E-state index is 0.111. The Morgan fingerprint density at radius 1 is 1.38 bits per heavy atom. The van der Waals surface area contributed by atoms with Crippen LogP contribution in [0.15, 0.2) is 24.3 Å². The van der Waals surface area contributed by atoms with Crippen LogP contribution in [0.4, 0.5) is 0 Å². The molecule has 0 aliphatic rings. The van der Waals surface area contributed by atoms with E-state index in [2.05, 4.69) is 0 Å². The maximum atomic E-state index is 10.8. The van der Waals surface area contributed by atoms with E-state index in [4.69, 9.17) is 11.6 Å². The van der Waals surface area contributed by atoms with Crippen molar-refractivity contribution in [3.8, 4) is 0 Å². The van der Waals surface area contributed by atoms with Gasteiger partial charge in [0.25, 0.3) is 5.24 Å². The summed E-state index contributed by atoms with van der Waals surface area (Å²) in [5.74, 6) is 1.54. The Labute approximate surface area is 80.8 Å². The molecule has 0 bridgehead atoms. The van der Waals surface area contributed by atoms with Gasteiger partial charge >= 0.3 is 0 Å². The summed E-state index contributed by atoms with van der Waals surface area (Å²) >= 11 is 5.21. The number of carbonyl (C=O) groups excluding carboxylic acids is 2. The minimum atomic E-state index is -0.774. The fourth-order valence-corrected chi connectivity index (χ4v) is 1.19. The smallest absolute Gasteiger partial charge is 0.264 e. The Hall–Kier alpha value is -1.37. The molecule has 0 heterocycles. The van der Waals surface area contributed by atoms with Gasteiger partial charge in [-0.25, -0.2) is 4.79 Å². The van der Waals surface area contributed by atoms with Crippen LogP contribution in [0.3, 0.4) is 0 Å². The van der Waals surface area contributed by atoms with Crippen LogP contribution in [0.1, 0.15) is 11.1 Å². The number of benzene rings is 1. The van der Waals surface area contributed by atoms with Gasteiger partial charge in [-0.2, -0.15) is 0 Å². The molecule has 13 heavy (non-hydrogen) atoms. The van der Waals surface area contributed by atoms with Crippen molar-refractivity contribution in [2.75, 3.05) is 0 Å². The van der Waals surface area contributed by atoms with Gasteiger partial charge in [0.05, 0.1) is 0 Å². The second-order valence-corrected chi connectivity index (χ2v) is 2.91. The molecule has 0 atom stereocenters. The van der Waals surface area contributed by atoms with Crippen LogP contribution in [0.2, 0.25) is 0 Å². The lowest BCUT2D eigenvalue weighted by Crippen LogP contribution is -1.96. The number of aryl methyl sites for hydroxylation is 1. The fourth-order valence-electron chi connectivity index (χ4n) is 1.05. The number of hydrogen-bond acceptors (Lipinski definition) is 2. The number of allylic oxidation sites excluding steroid dienone is 1. The van der Waals surface area contributed by atoms with Gasteiger partial charge in [-0.1, -0.05) is 24.3 Å². The largest absolute Gasteiger partial charge is 0.275 e. The van der Waals surface area contributed by atoms with E-state index in [1.54, 1.807) is 31.1 Å². The molecule has 1 aromatic rings. The van der Waals surface area contributed by atoms with Crippen LogP contribution in [-0.4, -0.2) is 11.2 Å². The highest BCUT2D eigenvalue weighted by molar-refractivity contribution is 6.75. The van der Waals surface area contributed by atoms with Crippen LogP contribution >= 0.6 is 11.6 Å². The Morgan fingerprint density at radius 3 is 2.46 bits per heavy atom. The molecular weight excluding hydrogens is 188 g/mol. The van der Waals surface area contributed by atoms with Crippen LogP contribution in [0.5, 0.6) is 0 Å². The summed E-state index contributed by atoms with van der Waals surface area (Å²) in [6, 6.07) is 7.02. The van der Waals surface area contributed by atoms with Crippen LogP contribution in [0.25, 0.3) is 5.57 Å². The third-order valence-electron chi connectivity index (χ3n) is 1.71. The number of halogens is 1. The van der Waals surface area contributed by atoms with Crippen LogP contribution in [-0.2, 0) is 9.59 Å². The van der Waals surface area contributed by atoms with Crippen molar-refractivity contribution in [2.24, 2.45) is 0 Å². The van der Waals surface area contributed by atoms with Gasteiger partial charge in [-0.3, -0.25) is 4.79 Å². The van der Waals surface area contributed by atoms with Crippen LogP contribution in [0, 0.1) is 6.92 Å². The molecule has 0 saturated carbocycles. The lowest BCUT2D eigenvalue weighted by Gasteiger charge is -2.01. The van der Waals surface area contributed by atoms with Crippen molar-refractivity contribution < 1.29 is 9.59 Å². The fraction of sp³-hybridized carbons (Fsp3) is 0.100. The van der Waals surface area contributed by atoms with E-state index in [0.29, 0.717) is 5.56 Å². The molecule has 0 N–H and O–H groups in total. The highest BCUT2D eigenvalue weighted by Crippen LogP contribution is 2.17. The summed E-state index contributed by atoms with van der Waals surface area (Å²) in [6.45, 7) is 1.80. The maximum absolute atomic E-state index is 10.8. The van der Waals surface area contributed by atoms with Gasteiger partial charge in [0.1, 0.15) is 11.5 Å². The first-order chi connectivity index (χ1) is 6.16. The summed E-state index contributed by atoms with van der Waals surface area (Å²) in [5.41, 5.74) is 1.26. The molecule has 0 amide bonds. The predicted octanol–water partition coefficient (Wildman–Crippen LogP) is 1.98. The summed E-state index contributed by atoms with van der Waals surface area (Å²) in [7, 11) is 0. The summed E-state index contributed by atoms with van der Waals surface area (Å²) in [5, 5.41) is -0.774. The van der Waals surface area contributed by atoms with Gasteiger partial charge in [0.15, 0.2) is 0 Å². The first-order valence-corrected chi connectivity index (χ1v) is 4.05. The van der Waals surface area contributed by atoms with E-state index in [1.165, 1.54) is 0 Å². The van der Waals surface area contributed by atoms with E-state index in [1.807, 2.05) is 6.07 Å². The highest BCUT2D eigenvalue weighted by atomic mass is 35.5. The maximum Gasteiger partial charge on any atom is 0.264 e. The van der Waals surface area contributed by atoms with E-state index < -0.39 is 5.24 Å². The second kappa shape index (κ2) is 4.04. The minimum Gasteiger partial charge on any atom is -0.275 e. The zero-order chi connectivity index (χ0) is 9.84. The van der Waals surface area contributed by atoms with Gasteiger partial charge in [-0.05, 0) is 24.1 Å². The SMILES string of the molecule is Cc1ccccc1C(=C=O)C(=O)Cl. The number of rotatable bonds is 2. The first kappa shape index (κ1) is 9.72. The molecule has 0 saturated heterocycles. The van der Waals surface area contributed by atoms with Crippen molar-refractivity contribution in [3.63, 3.8) is 0 Å². The molecule has 2 nitrogen and oxygen atoms in total. The predicted molar refractivity (Wildman–Crippen MR) is 51.1 cm³/mol. The van der Waals surface area contributed by atoms with E-state index in [-0.39, 0.29) is 5.57 Å². The Kier molecular flexibility index (Phi) is 3.02. The molecule has 1 rings (SSSR count). The van der Waals surface area contributed by atoms with Crippen molar-refractivity contribution in [2.45, 2.75) is 6.92 Å². The molecule has 0 aromatic heterocycles. The lowest BCUT2D eigenvalue weighted by atomic mass is 10.0. The molecule has 0 unspecified atom stereocenters. The van der Waals surface area contributed by atoms with Crippen molar-refractivity contribution in [1.29, 1.82) is 0 Å². The number of hydrogen-bond donors (Lipinski definition) is 0. The normalized spacial score (nSPS) is 9.08. The van der Waals surface area contributed by atoms with Crippen LogP contribution < -0.4 is 0 Å². The highest BCUT2D eigenvalue weighted by Gasteiger charge is 2.11. The van der Waals surface area contributed by atoms with Crippen molar-refractivity contribution >= 4 is 28.4 Å².